The quantitative estimate of drug-likeness (QED) is 0.510. The largest absolute Gasteiger partial charge is 0.382 e. The van der Waals surface area contributed by atoms with E-state index in [1.807, 2.05) is 30.3 Å². The molecule has 0 bridgehead atoms. The van der Waals surface area contributed by atoms with Gasteiger partial charge in [-0.2, -0.15) is 0 Å². The fourth-order valence-electron chi connectivity index (χ4n) is 2.54. The molecule has 0 aliphatic carbocycles. The van der Waals surface area contributed by atoms with E-state index in [1.54, 1.807) is 24.3 Å². The van der Waals surface area contributed by atoms with Crippen molar-refractivity contribution in [1.82, 2.24) is 9.97 Å². The molecule has 3 aromatic rings. The molecule has 0 aliphatic heterocycles. The predicted molar refractivity (Wildman–Crippen MR) is 118 cm³/mol. The number of anilines is 2. The maximum absolute atomic E-state index is 12.7. The molecule has 0 radical (unpaired) electrons. The van der Waals surface area contributed by atoms with Crippen LogP contribution in [0.25, 0.3) is 11.3 Å². The van der Waals surface area contributed by atoms with E-state index in [4.69, 9.17) is 14.8 Å². The molecule has 3 N–H and O–H groups in total. The Morgan fingerprint density at radius 2 is 1.77 bits per heavy atom. The number of nitrogen functional groups attached to an aromatic ring is 1. The summed E-state index contributed by atoms with van der Waals surface area (Å²) in [6, 6.07) is 16.1. The zero-order valence-corrected chi connectivity index (χ0v) is 18.2. The van der Waals surface area contributed by atoms with Crippen LogP contribution in [-0.4, -0.2) is 39.8 Å². The van der Waals surface area contributed by atoms with Crippen LogP contribution >= 0.6 is 8.38 Å². The van der Waals surface area contributed by atoms with Crippen LogP contribution in [0.15, 0.2) is 65.7 Å². The summed E-state index contributed by atoms with van der Waals surface area (Å²) in [4.78, 5) is 21.7. The lowest BCUT2D eigenvalue weighted by Gasteiger charge is -2.12. The second-order valence-electron chi connectivity index (χ2n) is 6.01. The maximum atomic E-state index is 12.7. The summed E-state index contributed by atoms with van der Waals surface area (Å²) in [5.41, 5.74) is 8.07. The van der Waals surface area contributed by atoms with Gasteiger partial charge in [0, 0.05) is 30.4 Å². The molecule has 156 valence electrons. The van der Waals surface area contributed by atoms with Crippen LogP contribution in [0, 0.1) is 0 Å². The molecule has 2 aromatic carbocycles. The number of rotatable bonds is 8. The van der Waals surface area contributed by atoms with E-state index in [0.29, 0.717) is 16.3 Å². The molecule has 10 heteroatoms. The van der Waals surface area contributed by atoms with Gasteiger partial charge in [0.1, 0.15) is 0 Å². The molecular formula is C20H21N4O4PS. The summed E-state index contributed by atoms with van der Waals surface area (Å²) < 4.78 is 22.7. The van der Waals surface area contributed by atoms with E-state index in [-0.39, 0.29) is 17.0 Å². The van der Waals surface area contributed by atoms with Crippen molar-refractivity contribution in [3.05, 3.63) is 66.5 Å². The standard InChI is InChI=1S/C20H21N4O4PS/c1-27-29(28-2)13-30(26)16-10-8-15(9-11-16)23-20(25)18-19(21)22-12-17(24-18)14-6-4-3-5-7-14/h3-12H,13H2,1-2H3,(H2,21,22)(H,23,25). The van der Waals surface area contributed by atoms with Crippen molar-refractivity contribution in [3.8, 4) is 11.3 Å². The molecule has 1 atom stereocenters. The Morgan fingerprint density at radius 1 is 1.10 bits per heavy atom. The van der Waals surface area contributed by atoms with Crippen molar-refractivity contribution in [2.24, 2.45) is 0 Å². The van der Waals surface area contributed by atoms with Crippen LogP contribution in [0.5, 0.6) is 0 Å². The van der Waals surface area contributed by atoms with Gasteiger partial charge in [-0.1, -0.05) is 30.3 Å². The van der Waals surface area contributed by atoms with Crippen molar-refractivity contribution in [2.75, 3.05) is 30.8 Å². The summed E-state index contributed by atoms with van der Waals surface area (Å²) >= 11 is 0. The fourth-order valence-corrected chi connectivity index (χ4v) is 5.34. The number of carbonyl (C=O) groups excluding carboxylic acids is 1. The van der Waals surface area contributed by atoms with Gasteiger partial charge in [-0.3, -0.25) is 9.00 Å². The second kappa shape index (κ2) is 10.4. The van der Waals surface area contributed by atoms with E-state index in [9.17, 15) is 9.00 Å². The Hall–Kier alpha value is -2.71. The predicted octanol–water partition coefficient (Wildman–Crippen LogP) is 3.65. The van der Waals surface area contributed by atoms with Gasteiger partial charge >= 0.3 is 0 Å². The Morgan fingerprint density at radius 3 is 2.40 bits per heavy atom. The average Bonchev–Trinajstić information content (AvgIpc) is 2.78. The van der Waals surface area contributed by atoms with Crippen molar-refractivity contribution >= 4 is 36.6 Å². The van der Waals surface area contributed by atoms with Gasteiger partial charge in [0.2, 0.25) is 0 Å². The molecule has 30 heavy (non-hydrogen) atoms. The molecule has 0 aliphatic rings. The molecule has 0 fully saturated rings. The average molecular weight is 444 g/mol. The van der Waals surface area contributed by atoms with E-state index in [1.165, 1.54) is 20.4 Å². The lowest BCUT2D eigenvalue weighted by molar-refractivity contribution is 0.102. The number of hydrogen-bond donors (Lipinski definition) is 2. The van der Waals surface area contributed by atoms with Crippen LogP contribution in [0.2, 0.25) is 0 Å². The molecular weight excluding hydrogens is 423 g/mol. The highest BCUT2D eigenvalue weighted by Gasteiger charge is 2.16. The third kappa shape index (κ3) is 5.46. The van der Waals surface area contributed by atoms with Crippen LogP contribution in [0.1, 0.15) is 10.5 Å². The second-order valence-corrected chi connectivity index (χ2v) is 9.60. The number of nitrogens with two attached hydrogens (primary N) is 1. The minimum atomic E-state index is -1.27. The van der Waals surface area contributed by atoms with Crippen molar-refractivity contribution < 1.29 is 18.1 Å². The Bertz CT molecular complexity index is 1030. The van der Waals surface area contributed by atoms with Crippen LogP contribution in [-0.2, 0) is 19.8 Å². The SMILES string of the molecule is COP(CS(=O)c1ccc(NC(=O)c2nc(-c3ccccc3)cnc2N)cc1)OC. The summed E-state index contributed by atoms with van der Waals surface area (Å²) in [7, 11) is 0.570. The van der Waals surface area contributed by atoms with Gasteiger partial charge in [0.05, 0.1) is 28.2 Å². The first-order chi connectivity index (χ1) is 14.5. The number of benzene rings is 2. The third-order valence-corrected chi connectivity index (χ3v) is 7.48. The van der Waals surface area contributed by atoms with Gasteiger partial charge in [-0.25, -0.2) is 9.97 Å². The molecule has 1 heterocycles. The minimum absolute atomic E-state index is 0.0369. The number of nitrogens with zero attached hydrogens (tertiary/aromatic N) is 2. The first-order valence-electron chi connectivity index (χ1n) is 8.85. The zero-order chi connectivity index (χ0) is 21.5. The normalized spacial score (nSPS) is 12.0. The Balaban J connectivity index is 1.73. The lowest BCUT2D eigenvalue weighted by Crippen LogP contribution is -2.17. The Kier molecular flexibility index (Phi) is 7.59. The third-order valence-electron chi connectivity index (χ3n) is 4.09. The molecule has 1 amide bonds. The smallest absolute Gasteiger partial charge is 0.278 e. The highest BCUT2D eigenvalue weighted by Crippen LogP contribution is 2.37. The fraction of sp³-hybridized carbons (Fsp3) is 0.150. The molecule has 0 saturated carbocycles. The van der Waals surface area contributed by atoms with Gasteiger partial charge in [0.25, 0.3) is 5.91 Å². The highest BCUT2D eigenvalue weighted by molar-refractivity contribution is 7.91. The maximum Gasteiger partial charge on any atom is 0.278 e. The first-order valence-corrected chi connectivity index (χ1v) is 11.5. The van der Waals surface area contributed by atoms with Gasteiger partial charge in [-0.05, 0) is 24.3 Å². The van der Waals surface area contributed by atoms with Crippen LogP contribution in [0.4, 0.5) is 11.5 Å². The summed E-state index contributed by atoms with van der Waals surface area (Å²) in [5, 5.41) is 2.74. The zero-order valence-electron chi connectivity index (χ0n) is 16.4. The molecule has 1 aromatic heterocycles. The van der Waals surface area contributed by atoms with E-state index in [0.717, 1.165) is 5.56 Å². The Labute approximate surface area is 178 Å². The van der Waals surface area contributed by atoms with Gasteiger partial charge in [-0.15, -0.1) is 0 Å². The number of amides is 1. The number of nitrogens with one attached hydrogen (secondary N) is 1. The first kappa shape index (κ1) is 22.0. The number of hydrogen-bond acceptors (Lipinski definition) is 7. The molecule has 8 nitrogen and oxygen atoms in total. The van der Waals surface area contributed by atoms with Crippen molar-refractivity contribution in [3.63, 3.8) is 0 Å². The molecule has 1 unspecified atom stereocenters. The number of aromatic nitrogens is 2. The van der Waals surface area contributed by atoms with Crippen LogP contribution in [0.3, 0.4) is 0 Å². The van der Waals surface area contributed by atoms with Gasteiger partial charge in [0.15, 0.2) is 19.9 Å². The monoisotopic (exact) mass is 444 g/mol. The van der Waals surface area contributed by atoms with E-state index < -0.39 is 25.1 Å². The van der Waals surface area contributed by atoms with E-state index in [2.05, 4.69) is 15.3 Å². The molecule has 0 spiro atoms. The van der Waals surface area contributed by atoms with Gasteiger partial charge < -0.3 is 20.1 Å². The van der Waals surface area contributed by atoms with E-state index >= 15 is 0 Å². The topological polar surface area (TPSA) is 116 Å². The highest BCUT2D eigenvalue weighted by atomic mass is 32.2. The summed E-state index contributed by atoms with van der Waals surface area (Å²) in [6.45, 7) is 0. The lowest BCUT2D eigenvalue weighted by atomic mass is 10.1. The van der Waals surface area contributed by atoms with Crippen LogP contribution < -0.4 is 11.1 Å². The molecule has 0 saturated heterocycles. The summed E-state index contributed by atoms with van der Waals surface area (Å²) in [6.07, 6.45) is 1.53. The molecule has 3 rings (SSSR count). The minimum Gasteiger partial charge on any atom is -0.382 e. The van der Waals surface area contributed by atoms with Crippen molar-refractivity contribution in [2.45, 2.75) is 4.90 Å². The summed E-state index contributed by atoms with van der Waals surface area (Å²) in [5.74, 6) is -0.439. The van der Waals surface area contributed by atoms with Crippen molar-refractivity contribution in [1.29, 1.82) is 0 Å². The number of carbonyl (C=O) groups is 1.